The van der Waals surface area contributed by atoms with Gasteiger partial charge in [-0.15, -0.1) is 11.3 Å². The summed E-state index contributed by atoms with van der Waals surface area (Å²) in [6, 6.07) is 6.72. The lowest BCUT2D eigenvalue weighted by Crippen LogP contribution is -1.86. The van der Waals surface area contributed by atoms with Crippen molar-refractivity contribution in [2.45, 2.75) is 13.8 Å². The smallest absolute Gasteiger partial charge is 0.261 e. The van der Waals surface area contributed by atoms with E-state index in [-0.39, 0.29) is 5.75 Å². The number of nitrogens with zero attached hydrogens (tertiary/aromatic N) is 2. The number of aryl methyl sites for hydroxylation is 1. The van der Waals surface area contributed by atoms with E-state index in [9.17, 15) is 5.11 Å². The van der Waals surface area contributed by atoms with Crippen LogP contribution < -0.4 is 5.73 Å². The Bertz CT molecular complexity index is 777. The van der Waals surface area contributed by atoms with Crippen molar-refractivity contribution in [2.75, 3.05) is 5.73 Å². The number of phenolic OH excluding ortho intramolecular Hbond substituents is 1. The number of benzene rings is 1. The van der Waals surface area contributed by atoms with E-state index in [1.807, 2.05) is 19.9 Å². The maximum Gasteiger partial charge on any atom is 0.261 e. The second kappa shape index (κ2) is 4.64. The third-order valence-electron chi connectivity index (χ3n) is 3.16. The molecule has 3 N–H and O–H groups in total. The highest BCUT2D eigenvalue weighted by Gasteiger charge is 2.19. The van der Waals surface area contributed by atoms with Gasteiger partial charge in [0.1, 0.15) is 5.75 Å². The van der Waals surface area contributed by atoms with Crippen LogP contribution in [0.15, 0.2) is 28.8 Å². The normalized spacial score (nSPS) is 10.9. The first kappa shape index (κ1) is 12.7. The minimum Gasteiger partial charge on any atom is -0.508 e. The van der Waals surface area contributed by atoms with Gasteiger partial charge in [-0.1, -0.05) is 17.3 Å². The number of hydrogen-bond donors (Lipinski definition) is 2. The molecular formula is C14H13N3O2S. The molecule has 0 unspecified atom stereocenters. The zero-order chi connectivity index (χ0) is 14.3. The van der Waals surface area contributed by atoms with E-state index in [0.29, 0.717) is 22.3 Å². The van der Waals surface area contributed by atoms with Crippen LogP contribution in [0.5, 0.6) is 5.75 Å². The molecule has 0 aliphatic carbocycles. The molecule has 2 aromatic heterocycles. The summed E-state index contributed by atoms with van der Waals surface area (Å²) in [6.45, 7) is 3.99. The Hall–Kier alpha value is -2.34. The lowest BCUT2D eigenvalue weighted by atomic mass is 10.1. The summed E-state index contributed by atoms with van der Waals surface area (Å²) < 4.78 is 5.30. The molecule has 0 saturated heterocycles. The van der Waals surface area contributed by atoms with E-state index in [0.717, 1.165) is 16.0 Å². The molecule has 20 heavy (non-hydrogen) atoms. The molecule has 0 spiro atoms. The van der Waals surface area contributed by atoms with Crippen LogP contribution in [0.2, 0.25) is 0 Å². The van der Waals surface area contributed by atoms with E-state index in [4.69, 9.17) is 10.3 Å². The molecule has 0 atom stereocenters. The van der Waals surface area contributed by atoms with Crippen LogP contribution in [0.3, 0.4) is 0 Å². The number of aromatic nitrogens is 2. The maximum atomic E-state index is 9.49. The number of hydrogen-bond acceptors (Lipinski definition) is 6. The average molecular weight is 287 g/mol. The molecule has 0 fully saturated rings. The van der Waals surface area contributed by atoms with Crippen molar-refractivity contribution < 1.29 is 9.63 Å². The number of anilines is 1. The summed E-state index contributed by atoms with van der Waals surface area (Å²) in [5, 5.41) is 14.1. The zero-order valence-corrected chi connectivity index (χ0v) is 11.9. The Kier molecular flexibility index (Phi) is 2.94. The van der Waals surface area contributed by atoms with Crippen LogP contribution in [-0.2, 0) is 0 Å². The Morgan fingerprint density at radius 1 is 1.30 bits per heavy atom. The Labute approximate surface area is 119 Å². The van der Waals surface area contributed by atoms with Gasteiger partial charge in [-0.05, 0) is 31.5 Å². The number of nitrogen functional groups attached to an aromatic ring is 1. The van der Waals surface area contributed by atoms with Gasteiger partial charge in [0.25, 0.3) is 5.89 Å². The van der Waals surface area contributed by atoms with Crippen molar-refractivity contribution in [3.63, 3.8) is 0 Å². The Morgan fingerprint density at radius 3 is 2.75 bits per heavy atom. The summed E-state index contributed by atoms with van der Waals surface area (Å²) in [7, 11) is 0. The maximum absolute atomic E-state index is 9.49. The van der Waals surface area contributed by atoms with E-state index >= 15 is 0 Å². The summed E-state index contributed by atoms with van der Waals surface area (Å²) in [4.78, 5) is 5.50. The molecular weight excluding hydrogens is 274 g/mol. The Balaban J connectivity index is 2.06. The van der Waals surface area contributed by atoms with Gasteiger partial charge in [-0.2, -0.15) is 4.98 Å². The van der Waals surface area contributed by atoms with Crippen molar-refractivity contribution in [3.8, 4) is 28.6 Å². The molecule has 6 heteroatoms. The van der Waals surface area contributed by atoms with E-state index in [2.05, 4.69) is 10.1 Å². The van der Waals surface area contributed by atoms with Crippen LogP contribution in [-0.4, -0.2) is 15.2 Å². The molecule has 0 radical (unpaired) electrons. The summed E-state index contributed by atoms with van der Waals surface area (Å²) >= 11 is 1.51. The monoisotopic (exact) mass is 287 g/mol. The van der Waals surface area contributed by atoms with E-state index in [1.165, 1.54) is 11.3 Å². The van der Waals surface area contributed by atoms with Gasteiger partial charge in [-0.25, -0.2) is 0 Å². The largest absolute Gasteiger partial charge is 0.508 e. The van der Waals surface area contributed by atoms with Gasteiger partial charge in [0.15, 0.2) is 0 Å². The van der Waals surface area contributed by atoms with E-state index < -0.39 is 0 Å². The highest BCUT2D eigenvalue weighted by atomic mass is 32.1. The quantitative estimate of drug-likeness (QED) is 0.754. The molecule has 3 aromatic rings. The second-order valence-corrected chi connectivity index (χ2v) is 5.75. The minimum atomic E-state index is 0.163. The zero-order valence-electron chi connectivity index (χ0n) is 11.0. The molecule has 5 nitrogen and oxygen atoms in total. The first-order valence-electron chi connectivity index (χ1n) is 6.05. The van der Waals surface area contributed by atoms with Crippen molar-refractivity contribution in [2.24, 2.45) is 0 Å². The number of aromatic hydroxyl groups is 1. The van der Waals surface area contributed by atoms with Gasteiger partial charge >= 0.3 is 0 Å². The van der Waals surface area contributed by atoms with Crippen LogP contribution in [0.25, 0.3) is 22.8 Å². The molecule has 102 valence electrons. The highest BCUT2D eigenvalue weighted by Crippen LogP contribution is 2.37. The fourth-order valence-electron chi connectivity index (χ4n) is 2.01. The third-order valence-corrected chi connectivity index (χ3v) is 4.19. The molecule has 0 saturated carbocycles. The molecule has 0 aliphatic heterocycles. The molecule has 1 aromatic carbocycles. The van der Waals surface area contributed by atoms with Gasteiger partial charge < -0.3 is 15.4 Å². The van der Waals surface area contributed by atoms with Crippen LogP contribution in [0.1, 0.15) is 10.4 Å². The summed E-state index contributed by atoms with van der Waals surface area (Å²) in [5.41, 5.74) is 8.55. The van der Waals surface area contributed by atoms with Gasteiger partial charge in [-0.3, -0.25) is 0 Å². The third kappa shape index (κ3) is 2.04. The Morgan fingerprint density at radius 2 is 2.10 bits per heavy atom. The van der Waals surface area contributed by atoms with Crippen LogP contribution >= 0.6 is 11.3 Å². The predicted molar refractivity (Wildman–Crippen MR) is 78.6 cm³/mol. The van der Waals surface area contributed by atoms with Crippen molar-refractivity contribution in [3.05, 3.63) is 34.7 Å². The van der Waals surface area contributed by atoms with Gasteiger partial charge in [0.05, 0.1) is 10.6 Å². The molecule has 0 aliphatic rings. The van der Waals surface area contributed by atoms with Gasteiger partial charge in [0, 0.05) is 10.4 Å². The first-order chi connectivity index (χ1) is 9.56. The highest BCUT2D eigenvalue weighted by molar-refractivity contribution is 7.16. The molecule has 0 bridgehead atoms. The van der Waals surface area contributed by atoms with Gasteiger partial charge in [0.2, 0.25) is 5.82 Å². The summed E-state index contributed by atoms with van der Waals surface area (Å²) in [6.07, 6.45) is 0. The number of nitrogens with two attached hydrogens (primary N) is 1. The van der Waals surface area contributed by atoms with E-state index in [1.54, 1.807) is 18.2 Å². The fourth-order valence-corrected chi connectivity index (χ4v) is 2.93. The first-order valence-corrected chi connectivity index (χ1v) is 6.87. The minimum absolute atomic E-state index is 0.163. The number of rotatable bonds is 2. The molecule has 3 rings (SSSR count). The lowest BCUT2D eigenvalue weighted by Gasteiger charge is -1.95. The van der Waals surface area contributed by atoms with Crippen molar-refractivity contribution in [1.29, 1.82) is 0 Å². The van der Waals surface area contributed by atoms with Crippen molar-refractivity contribution in [1.82, 2.24) is 10.1 Å². The number of phenols is 1. The second-order valence-electron chi connectivity index (χ2n) is 4.50. The topological polar surface area (TPSA) is 85.2 Å². The average Bonchev–Trinajstić information content (AvgIpc) is 2.96. The lowest BCUT2D eigenvalue weighted by molar-refractivity contribution is 0.432. The predicted octanol–water partition coefficient (Wildman–Crippen LogP) is 3.37. The number of thiophene rings is 1. The molecule has 0 amide bonds. The fraction of sp³-hybridized carbons (Fsp3) is 0.143. The van der Waals surface area contributed by atoms with Crippen molar-refractivity contribution >= 4 is 16.3 Å². The molecule has 2 heterocycles. The standard InChI is InChI=1S/C14H13N3O2S/c1-7-8(2)20-12(15)11(7)14-16-13(17-19-14)9-4-3-5-10(18)6-9/h3-6,18H,15H2,1-2H3. The van der Waals surface area contributed by atoms with Crippen LogP contribution in [0.4, 0.5) is 5.00 Å². The van der Waals surface area contributed by atoms with Crippen LogP contribution in [0, 0.1) is 13.8 Å². The summed E-state index contributed by atoms with van der Waals surface area (Å²) in [5.74, 6) is 0.997. The SMILES string of the molecule is Cc1sc(N)c(-c2nc(-c3cccc(O)c3)no2)c1C.